The molecule has 0 saturated carbocycles. The third-order valence-corrected chi connectivity index (χ3v) is 4.91. The monoisotopic (exact) mass is 326 g/mol. The zero-order valence-corrected chi connectivity index (χ0v) is 12.8. The second-order valence-electron chi connectivity index (χ2n) is 4.02. The third-order valence-electron chi connectivity index (χ3n) is 2.63. The fourth-order valence-corrected chi connectivity index (χ4v) is 2.99. The number of carbonyl (C=O) groups is 1. The molecule has 9 heteroatoms. The molecule has 0 aliphatic carbocycles. The number of hydrogen-bond donors (Lipinski definition) is 3. The SMILES string of the molecule is CNS(=O)(=O)c1cccc(NC(=O)c2csc(CN)n2)c1. The average molecular weight is 326 g/mol. The summed E-state index contributed by atoms with van der Waals surface area (Å²) in [6.45, 7) is 0.272. The van der Waals surface area contributed by atoms with Gasteiger partial charge in [-0.3, -0.25) is 4.79 Å². The van der Waals surface area contributed by atoms with E-state index < -0.39 is 15.9 Å². The van der Waals surface area contributed by atoms with Crippen LogP contribution in [0.2, 0.25) is 0 Å². The van der Waals surface area contributed by atoms with E-state index in [4.69, 9.17) is 5.73 Å². The van der Waals surface area contributed by atoms with Gasteiger partial charge in [-0.2, -0.15) is 0 Å². The van der Waals surface area contributed by atoms with E-state index in [0.29, 0.717) is 10.7 Å². The highest BCUT2D eigenvalue weighted by Crippen LogP contribution is 2.17. The Morgan fingerprint density at radius 2 is 2.19 bits per heavy atom. The van der Waals surface area contributed by atoms with E-state index in [1.807, 2.05) is 0 Å². The smallest absolute Gasteiger partial charge is 0.275 e. The first-order valence-electron chi connectivity index (χ1n) is 5.95. The van der Waals surface area contributed by atoms with Crippen molar-refractivity contribution >= 4 is 33.0 Å². The molecule has 21 heavy (non-hydrogen) atoms. The van der Waals surface area contributed by atoms with Gasteiger partial charge in [0.1, 0.15) is 10.7 Å². The number of amides is 1. The Kier molecular flexibility index (Phi) is 4.68. The first-order valence-corrected chi connectivity index (χ1v) is 8.32. The summed E-state index contributed by atoms with van der Waals surface area (Å²) in [6.07, 6.45) is 0. The molecular weight excluding hydrogens is 312 g/mol. The second kappa shape index (κ2) is 6.31. The molecule has 0 unspecified atom stereocenters. The molecule has 112 valence electrons. The Labute approximate surface area is 126 Å². The van der Waals surface area contributed by atoms with Gasteiger partial charge in [-0.25, -0.2) is 18.1 Å². The van der Waals surface area contributed by atoms with E-state index in [9.17, 15) is 13.2 Å². The van der Waals surface area contributed by atoms with Gasteiger partial charge in [-0.1, -0.05) is 6.07 Å². The number of carbonyl (C=O) groups excluding carboxylic acids is 1. The minimum Gasteiger partial charge on any atom is -0.325 e. The van der Waals surface area contributed by atoms with Gasteiger partial charge >= 0.3 is 0 Å². The van der Waals surface area contributed by atoms with Crippen LogP contribution in [0.4, 0.5) is 5.69 Å². The molecule has 1 heterocycles. The van der Waals surface area contributed by atoms with Crippen LogP contribution in [0, 0.1) is 0 Å². The first kappa shape index (κ1) is 15.6. The molecule has 0 saturated heterocycles. The van der Waals surface area contributed by atoms with Crippen molar-refractivity contribution in [2.75, 3.05) is 12.4 Å². The summed E-state index contributed by atoms with van der Waals surface area (Å²) in [4.78, 5) is 16.1. The van der Waals surface area contributed by atoms with Crippen molar-refractivity contribution in [3.05, 3.63) is 40.3 Å². The van der Waals surface area contributed by atoms with Gasteiger partial charge in [0.25, 0.3) is 5.91 Å². The van der Waals surface area contributed by atoms with Crippen molar-refractivity contribution in [1.82, 2.24) is 9.71 Å². The molecule has 1 aromatic carbocycles. The van der Waals surface area contributed by atoms with Gasteiger partial charge in [0.2, 0.25) is 10.0 Å². The summed E-state index contributed by atoms with van der Waals surface area (Å²) in [7, 11) is -2.23. The summed E-state index contributed by atoms with van der Waals surface area (Å²) in [5.74, 6) is -0.412. The van der Waals surface area contributed by atoms with Gasteiger partial charge in [-0.15, -0.1) is 11.3 Å². The molecule has 1 aromatic heterocycles. The lowest BCUT2D eigenvalue weighted by Gasteiger charge is -2.06. The molecule has 2 aromatic rings. The predicted octanol–water partition coefficient (Wildman–Crippen LogP) is 0.762. The van der Waals surface area contributed by atoms with Gasteiger partial charge in [0.15, 0.2) is 0 Å². The van der Waals surface area contributed by atoms with Crippen molar-refractivity contribution in [2.24, 2.45) is 5.73 Å². The van der Waals surface area contributed by atoms with Crippen molar-refractivity contribution in [3.63, 3.8) is 0 Å². The summed E-state index contributed by atoms with van der Waals surface area (Å²) in [6, 6.07) is 5.96. The summed E-state index contributed by atoms with van der Waals surface area (Å²) >= 11 is 1.30. The first-order chi connectivity index (χ1) is 9.96. The molecule has 0 atom stereocenters. The number of hydrogen-bond acceptors (Lipinski definition) is 6. The summed E-state index contributed by atoms with van der Waals surface area (Å²) in [5, 5.41) is 4.87. The average Bonchev–Trinajstić information content (AvgIpc) is 2.96. The van der Waals surface area contributed by atoms with Crippen LogP contribution < -0.4 is 15.8 Å². The van der Waals surface area contributed by atoms with E-state index >= 15 is 0 Å². The molecule has 0 fully saturated rings. The number of thiazole rings is 1. The minimum absolute atomic E-state index is 0.0729. The van der Waals surface area contributed by atoms with Gasteiger partial charge in [0, 0.05) is 17.6 Å². The molecule has 1 amide bonds. The molecule has 7 nitrogen and oxygen atoms in total. The number of aromatic nitrogens is 1. The van der Waals surface area contributed by atoms with Crippen molar-refractivity contribution in [3.8, 4) is 0 Å². The molecule has 2 rings (SSSR count). The van der Waals surface area contributed by atoms with Crippen LogP contribution in [0.3, 0.4) is 0 Å². The van der Waals surface area contributed by atoms with Crippen molar-refractivity contribution in [2.45, 2.75) is 11.4 Å². The Hall–Kier alpha value is -1.81. The number of nitrogens with two attached hydrogens (primary N) is 1. The van der Waals surface area contributed by atoms with Crippen LogP contribution >= 0.6 is 11.3 Å². The third kappa shape index (κ3) is 3.64. The van der Waals surface area contributed by atoms with Gasteiger partial charge < -0.3 is 11.1 Å². The number of sulfonamides is 1. The zero-order chi connectivity index (χ0) is 15.5. The molecule has 0 aliphatic heterocycles. The Morgan fingerprint density at radius 1 is 1.43 bits per heavy atom. The van der Waals surface area contributed by atoms with Crippen LogP contribution in [-0.2, 0) is 16.6 Å². The molecule has 0 radical (unpaired) electrons. The van der Waals surface area contributed by atoms with E-state index in [2.05, 4.69) is 15.0 Å². The second-order valence-corrected chi connectivity index (χ2v) is 6.85. The van der Waals surface area contributed by atoms with Crippen molar-refractivity contribution < 1.29 is 13.2 Å². The number of benzene rings is 1. The number of nitrogens with one attached hydrogen (secondary N) is 2. The maximum absolute atomic E-state index is 12.0. The maximum atomic E-state index is 12.0. The molecule has 0 spiro atoms. The van der Waals surface area contributed by atoms with Crippen molar-refractivity contribution in [1.29, 1.82) is 0 Å². The highest BCUT2D eigenvalue weighted by atomic mass is 32.2. The quantitative estimate of drug-likeness (QED) is 0.750. The molecule has 0 aliphatic rings. The maximum Gasteiger partial charge on any atom is 0.275 e. The van der Waals surface area contributed by atoms with E-state index in [-0.39, 0.29) is 17.1 Å². The Morgan fingerprint density at radius 3 is 2.81 bits per heavy atom. The molecule has 4 N–H and O–H groups in total. The van der Waals surface area contributed by atoms with Gasteiger partial charge in [-0.05, 0) is 25.2 Å². The fraction of sp³-hybridized carbons (Fsp3) is 0.167. The number of anilines is 1. The van der Waals surface area contributed by atoms with Crippen LogP contribution in [-0.4, -0.2) is 26.4 Å². The van der Waals surface area contributed by atoms with E-state index in [1.165, 1.54) is 30.5 Å². The van der Waals surface area contributed by atoms with Crippen LogP contribution in [0.1, 0.15) is 15.5 Å². The minimum atomic E-state index is -3.55. The zero-order valence-electron chi connectivity index (χ0n) is 11.2. The normalized spacial score (nSPS) is 11.3. The number of rotatable bonds is 5. The van der Waals surface area contributed by atoms with E-state index in [1.54, 1.807) is 17.5 Å². The predicted molar refractivity (Wildman–Crippen MR) is 80.6 cm³/mol. The highest BCUT2D eigenvalue weighted by molar-refractivity contribution is 7.89. The fourth-order valence-electron chi connectivity index (χ4n) is 1.56. The standard InChI is InChI=1S/C12H14N4O3S2/c1-14-21(18,19)9-4-2-3-8(5-9)15-12(17)10-7-20-11(6-13)16-10/h2-5,7,14H,6,13H2,1H3,(H,15,17). The van der Waals surface area contributed by atoms with Gasteiger partial charge in [0.05, 0.1) is 4.90 Å². The number of nitrogens with zero attached hydrogens (tertiary/aromatic N) is 1. The van der Waals surface area contributed by atoms with Crippen LogP contribution in [0.25, 0.3) is 0 Å². The summed E-state index contributed by atoms with van der Waals surface area (Å²) < 4.78 is 25.6. The molecular formula is C12H14N4O3S2. The summed E-state index contributed by atoms with van der Waals surface area (Å²) in [5.41, 5.74) is 6.07. The highest BCUT2D eigenvalue weighted by Gasteiger charge is 2.14. The topological polar surface area (TPSA) is 114 Å². The van der Waals surface area contributed by atoms with E-state index in [0.717, 1.165) is 0 Å². The molecule has 0 bridgehead atoms. The lowest BCUT2D eigenvalue weighted by Crippen LogP contribution is -2.19. The van der Waals surface area contributed by atoms with Crippen LogP contribution in [0.15, 0.2) is 34.5 Å². The van der Waals surface area contributed by atoms with Crippen LogP contribution in [0.5, 0.6) is 0 Å². The lowest BCUT2D eigenvalue weighted by atomic mass is 10.3. The lowest BCUT2D eigenvalue weighted by molar-refractivity contribution is 0.102. The Balaban J connectivity index is 2.20. The largest absolute Gasteiger partial charge is 0.325 e. The Bertz CT molecular complexity index is 755.